The molecule has 0 aromatic carbocycles. The Balaban J connectivity index is 2.04. The van der Waals surface area contributed by atoms with E-state index in [2.05, 4.69) is 35.6 Å². The van der Waals surface area contributed by atoms with Crippen LogP contribution in [0.1, 0.15) is 30.8 Å². The summed E-state index contributed by atoms with van der Waals surface area (Å²) < 4.78 is 3.77. The van der Waals surface area contributed by atoms with E-state index in [4.69, 9.17) is 0 Å². The monoisotopic (exact) mass is 247 g/mol. The summed E-state index contributed by atoms with van der Waals surface area (Å²) >= 11 is 0. The molecule has 0 aliphatic carbocycles. The van der Waals surface area contributed by atoms with E-state index in [9.17, 15) is 0 Å². The Labute approximate surface area is 108 Å². The predicted molar refractivity (Wildman–Crippen MR) is 71.2 cm³/mol. The largest absolute Gasteiger partial charge is 0.310 e. The Kier molecular flexibility index (Phi) is 3.81. The van der Waals surface area contributed by atoms with Crippen molar-refractivity contribution in [2.45, 2.75) is 39.9 Å². The Morgan fingerprint density at radius 2 is 2.11 bits per heavy atom. The molecule has 2 aromatic rings. The van der Waals surface area contributed by atoms with Crippen LogP contribution in [0.5, 0.6) is 0 Å². The van der Waals surface area contributed by atoms with Crippen molar-refractivity contribution >= 4 is 0 Å². The third-order valence-corrected chi connectivity index (χ3v) is 2.84. The van der Waals surface area contributed by atoms with E-state index < -0.39 is 0 Å². The highest BCUT2D eigenvalue weighted by atomic mass is 15.3. The normalized spacial score (nSPS) is 11.4. The molecule has 5 nitrogen and oxygen atoms in total. The molecule has 2 aromatic heterocycles. The molecule has 0 aliphatic rings. The number of aryl methyl sites for hydroxylation is 2. The van der Waals surface area contributed by atoms with Gasteiger partial charge in [-0.15, -0.1) is 0 Å². The lowest BCUT2D eigenvalue weighted by Gasteiger charge is -2.06. The maximum absolute atomic E-state index is 4.52. The molecule has 0 radical (unpaired) electrons. The van der Waals surface area contributed by atoms with Crippen LogP contribution < -0.4 is 5.32 Å². The second kappa shape index (κ2) is 5.35. The number of rotatable bonds is 5. The zero-order chi connectivity index (χ0) is 13.1. The number of aromatic nitrogens is 4. The van der Waals surface area contributed by atoms with Crippen molar-refractivity contribution in [3.8, 4) is 0 Å². The zero-order valence-corrected chi connectivity index (χ0v) is 11.5. The van der Waals surface area contributed by atoms with Gasteiger partial charge in [-0.25, -0.2) is 0 Å². The van der Waals surface area contributed by atoms with Crippen molar-refractivity contribution in [1.29, 1.82) is 0 Å². The molecule has 18 heavy (non-hydrogen) atoms. The molecule has 5 heteroatoms. The molecule has 0 saturated carbocycles. The molecule has 98 valence electrons. The Hall–Kier alpha value is -1.62. The first-order chi connectivity index (χ1) is 8.54. The molecule has 0 atom stereocenters. The van der Waals surface area contributed by atoms with Gasteiger partial charge in [0, 0.05) is 37.6 Å². The number of nitrogens with zero attached hydrogens (tertiary/aromatic N) is 4. The molecule has 0 saturated heterocycles. The highest BCUT2D eigenvalue weighted by molar-refractivity contribution is 5.16. The minimum atomic E-state index is 0.489. The van der Waals surface area contributed by atoms with E-state index in [0.29, 0.717) is 6.04 Å². The molecule has 2 heterocycles. The second-order valence-electron chi connectivity index (χ2n) is 4.95. The quantitative estimate of drug-likeness (QED) is 0.870. The van der Waals surface area contributed by atoms with Crippen LogP contribution in [0.2, 0.25) is 0 Å². The molecule has 1 N–H and O–H groups in total. The maximum atomic E-state index is 4.52. The van der Waals surface area contributed by atoms with Gasteiger partial charge < -0.3 is 5.32 Å². The predicted octanol–water partition coefficient (Wildman–Crippen LogP) is 1.47. The smallest absolute Gasteiger partial charge is 0.0850 e. The van der Waals surface area contributed by atoms with Crippen molar-refractivity contribution in [3.63, 3.8) is 0 Å². The third kappa shape index (κ3) is 3.20. The topological polar surface area (TPSA) is 47.7 Å². The van der Waals surface area contributed by atoms with E-state index in [1.807, 2.05) is 35.6 Å². The summed E-state index contributed by atoms with van der Waals surface area (Å²) in [7, 11) is 1.93. The van der Waals surface area contributed by atoms with Gasteiger partial charge in [-0.1, -0.05) is 13.8 Å². The fraction of sp³-hybridized carbons (Fsp3) is 0.538. The maximum Gasteiger partial charge on any atom is 0.0850 e. The highest BCUT2D eigenvalue weighted by Gasteiger charge is 2.06. The average Bonchev–Trinajstić information content (AvgIpc) is 2.83. The van der Waals surface area contributed by atoms with Gasteiger partial charge in [0.2, 0.25) is 0 Å². The minimum absolute atomic E-state index is 0.489. The summed E-state index contributed by atoms with van der Waals surface area (Å²) in [6, 6.07) is 2.51. The number of hydrogen-bond donors (Lipinski definition) is 1. The molecule has 0 fully saturated rings. The van der Waals surface area contributed by atoms with Gasteiger partial charge in [0.1, 0.15) is 0 Å². The molecule has 0 unspecified atom stereocenters. The molecule has 2 rings (SSSR count). The van der Waals surface area contributed by atoms with Crippen LogP contribution in [0.3, 0.4) is 0 Å². The summed E-state index contributed by atoms with van der Waals surface area (Å²) in [6.07, 6.45) is 4.05. The van der Waals surface area contributed by atoms with Crippen LogP contribution in [0.15, 0.2) is 18.5 Å². The second-order valence-corrected chi connectivity index (χ2v) is 4.95. The number of nitrogens with one attached hydrogen (secondary N) is 1. The first-order valence-corrected chi connectivity index (χ1v) is 6.29. The van der Waals surface area contributed by atoms with Gasteiger partial charge in [-0.3, -0.25) is 9.36 Å². The van der Waals surface area contributed by atoms with E-state index in [-0.39, 0.29) is 0 Å². The molecule has 0 aliphatic heterocycles. The SMILES string of the molecule is Cc1nn(Cc2ccn(C)n2)cc1CNC(C)C. The lowest BCUT2D eigenvalue weighted by molar-refractivity contribution is 0.587. The molecule has 0 spiro atoms. The van der Waals surface area contributed by atoms with Crippen molar-refractivity contribution in [1.82, 2.24) is 24.9 Å². The first kappa shape index (κ1) is 12.8. The van der Waals surface area contributed by atoms with E-state index in [1.165, 1.54) is 5.56 Å². The Morgan fingerprint density at radius 3 is 2.72 bits per heavy atom. The van der Waals surface area contributed by atoms with Crippen LogP contribution in [-0.4, -0.2) is 25.6 Å². The standard InChI is InChI=1S/C13H21N5/c1-10(2)14-7-12-8-18(15-11(12)3)9-13-5-6-17(4)16-13/h5-6,8,10,14H,7,9H2,1-4H3. The van der Waals surface area contributed by atoms with Gasteiger partial charge in [0.05, 0.1) is 17.9 Å². The number of hydrogen-bond acceptors (Lipinski definition) is 3. The average molecular weight is 247 g/mol. The van der Waals surface area contributed by atoms with Crippen LogP contribution >= 0.6 is 0 Å². The van der Waals surface area contributed by atoms with Gasteiger partial charge in [-0.2, -0.15) is 10.2 Å². The summed E-state index contributed by atoms with van der Waals surface area (Å²) in [5.74, 6) is 0. The first-order valence-electron chi connectivity index (χ1n) is 6.29. The summed E-state index contributed by atoms with van der Waals surface area (Å²) in [5, 5.41) is 12.3. The Bertz CT molecular complexity index is 509. The minimum Gasteiger partial charge on any atom is -0.310 e. The molecular weight excluding hydrogens is 226 g/mol. The van der Waals surface area contributed by atoms with E-state index >= 15 is 0 Å². The van der Waals surface area contributed by atoms with Crippen molar-refractivity contribution in [3.05, 3.63) is 35.4 Å². The molecular formula is C13H21N5. The van der Waals surface area contributed by atoms with Crippen LogP contribution in [0, 0.1) is 6.92 Å². The summed E-state index contributed by atoms with van der Waals surface area (Å²) in [5.41, 5.74) is 3.36. The zero-order valence-electron chi connectivity index (χ0n) is 11.5. The van der Waals surface area contributed by atoms with Crippen LogP contribution in [0.4, 0.5) is 0 Å². The summed E-state index contributed by atoms with van der Waals surface area (Å²) in [6.45, 7) is 7.93. The van der Waals surface area contributed by atoms with Crippen molar-refractivity contribution in [2.24, 2.45) is 7.05 Å². The Morgan fingerprint density at radius 1 is 1.33 bits per heavy atom. The molecule has 0 bridgehead atoms. The lowest BCUT2D eigenvalue weighted by Crippen LogP contribution is -2.21. The fourth-order valence-electron chi connectivity index (χ4n) is 1.84. The van der Waals surface area contributed by atoms with Gasteiger partial charge in [-0.05, 0) is 13.0 Å². The van der Waals surface area contributed by atoms with Crippen LogP contribution in [-0.2, 0) is 20.1 Å². The van der Waals surface area contributed by atoms with Gasteiger partial charge >= 0.3 is 0 Å². The van der Waals surface area contributed by atoms with Crippen molar-refractivity contribution < 1.29 is 0 Å². The van der Waals surface area contributed by atoms with Gasteiger partial charge in [0.25, 0.3) is 0 Å². The van der Waals surface area contributed by atoms with Crippen LogP contribution in [0.25, 0.3) is 0 Å². The van der Waals surface area contributed by atoms with E-state index in [1.54, 1.807) is 0 Å². The van der Waals surface area contributed by atoms with Crippen molar-refractivity contribution in [2.75, 3.05) is 0 Å². The molecule has 0 amide bonds. The summed E-state index contributed by atoms with van der Waals surface area (Å²) in [4.78, 5) is 0. The third-order valence-electron chi connectivity index (χ3n) is 2.84. The van der Waals surface area contributed by atoms with Gasteiger partial charge in [0.15, 0.2) is 0 Å². The lowest BCUT2D eigenvalue weighted by atomic mass is 10.2. The fourth-order valence-corrected chi connectivity index (χ4v) is 1.84. The van der Waals surface area contributed by atoms with E-state index in [0.717, 1.165) is 24.5 Å². The highest BCUT2D eigenvalue weighted by Crippen LogP contribution is 2.07.